The van der Waals surface area contributed by atoms with E-state index in [4.69, 9.17) is 4.74 Å². The van der Waals surface area contributed by atoms with E-state index in [-0.39, 0.29) is 12.4 Å². The Hall–Kier alpha value is -1.49. The topological polar surface area (TPSA) is 35.0 Å². The van der Waals surface area contributed by atoms with Crippen LogP contribution in [-0.4, -0.2) is 9.97 Å². The van der Waals surface area contributed by atoms with Crippen molar-refractivity contribution in [1.29, 1.82) is 0 Å². The zero-order valence-electron chi connectivity index (χ0n) is 9.15. The summed E-state index contributed by atoms with van der Waals surface area (Å²) in [5, 5.41) is 0. The van der Waals surface area contributed by atoms with Crippen LogP contribution in [0.5, 0.6) is 5.88 Å². The minimum absolute atomic E-state index is 0.148. The third-order valence-electron chi connectivity index (χ3n) is 2.12. The van der Waals surface area contributed by atoms with Gasteiger partial charge in [0.05, 0.1) is 0 Å². The maximum atomic E-state index is 13.3. The van der Waals surface area contributed by atoms with Crippen LogP contribution in [0.15, 0.2) is 34.9 Å². The molecule has 5 heteroatoms. The van der Waals surface area contributed by atoms with Gasteiger partial charge < -0.3 is 4.74 Å². The van der Waals surface area contributed by atoms with Crippen molar-refractivity contribution in [1.82, 2.24) is 9.97 Å². The molecule has 1 heterocycles. The number of hydrogen-bond acceptors (Lipinski definition) is 3. The van der Waals surface area contributed by atoms with E-state index in [0.29, 0.717) is 21.9 Å². The first-order valence-electron chi connectivity index (χ1n) is 5.02. The van der Waals surface area contributed by atoms with Crippen molar-refractivity contribution in [3.05, 3.63) is 52.1 Å². The second kappa shape index (κ2) is 5.23. The molecule has 0 radical (unpaired) electrons. The normalized spacial score (nSPS) is 10.3. The van der Waals surface area contributed by atoms with E-state index in [1.807, 2.05) is 0 Å². The molecule has 0 bridgehead atoms. The van der Waals surface area contributed by atoms with E-state index in [2.05, 4.69) is 25.9 Å². The lowest BCUT2D eigenvalue weighted by atomic mass is 10.2. The number of hydrogen-bond donors (Lipinski definition) is 0. The highest BCUT2D eigenvalue weighted by Crippen LogP contribution is 2.16. The SMILES string of the molecule is Cc1nc(Br)cc(OCc2ccccc2F)n1. The van der Waals surface area contributed by atoms with Crippen LogP contribution in [0.4, 0.5) is 4.39 Å². The Labute approximate surface area is 107 Å². The predicted octanol–water partition coefficient (Wildman–Crippen LogP) is 3.27. The minimum atomic E-state index is -0.280. The molecule has 0 atom stereocenters. The van der Waals surface area contributed by atoms with E-state index >= 15 is 0 Å². The van der Waals surface area contributed by atoms with Crippen molar-refractivity contribution in [3.8, 4) is 5.88 Å². The van der Waals surface area contributed by atoms with Gasteiger partial charge in [0.15, 0.2) is 0 Å². The van der Waals surface area contributed by atoms with Gasteiger partial charge in [0.2, 0.25) is 5.88 Å². The zero-order chi connectivity index (χ0) is 12.3. The molecule has 0 N–H and O–H groups in total. The van der Waals surface area contributed by atoms with E-state index < -0.39 is 0 Å². The van der Waals surface area contributed by atoms with Crippen molar-refractivity contribution >= 4 is 15.9 Å². The van der Waals surface area contributed by atoms with Gasteiger partial charge in [-0.1, -0.05) is 18.2 Å². The third-order valence-corrected chi connectivity index (χ3v) is 2.52. The maximum Gasteiger partial charge on any atom is 0.218 e. The largest absolute Gasteiger partial charge is 0.473 e. The second-order valence-corrected chi connectivity index (χ2v) is 4.27. The standard InChI is InChI=1S/C12H10BrFN2O/c1-8-15-11(13)6-12(16-8)17-7-9-4-2-3-5-10(9)14/h2-6H,7H2,1H3. The summed E-state index contributed by atoms with van der Waals surface area (Å²) in [6.07, 6.45) is 0. The molecule has 1 aromatic heterocycles. The second-order valence-electron chi connectivity index (χ2n) is 3.46. The Morgan fingerprint density at radius 3 is 2.76 bits per heavy atom. The number of aryl methyl sites for hydroxylation is 1. The molecule has 17 heavy (non-hydrogen) atoms. The molecule has 0 amide bonds. The molecule has 0 unspecified atom stereocenters. The van der Waals surface area contributed by atoms with Crippen LogP contribution >= 0.6 is 15.9 Å². The molecule has 0 aliphatic heterocycles. The molecule has 2 aromatic rings. The molecule has 0 fully saturated rings. The number of ether oxygens (including phenoxy) is 1. The lowest BCUT2D eigenvalue weighted by Gasteiger charge is -2.06. The summed E-state index contributed by atoms with van der Waals surface area (Å²) in [6, 6.07) is 8.14. The van der Waals surface area contributed by atoms with Gasteiger partial charge in [-0.15, -0.1) is 0 Å². The molecule has 0 saturated heterocycles. The number of aromatic nitrogens is 2. The number of halogens is 2. The first-order chi connectivity index (χ1) is 8.15. The fourth-order valence-electron chi connectivity index (χ4n) is 1.35. The Bertz CT molecular complexity index is 513. The van der Waals surface area contributed by atoms with Crippen molar-refractivity contribution < 1.29 is 9.13 Å². The molecule has 0 aliphatic rings. The molecule has 3 nitrogen and oxygen atoms in total. The molecule has 0 spiro atoms. The predicted molar refractivity (Wildman–Crippen MR) is 65.2 cm³/mol. The molecule has 0 saturated carbocycles. The van der Waals surface area contributed by atoms with Gasteiger partial charge in [-0.05, 0) is 28.9 Å². The summed E-state index contributed by atoms with van der Waals surface area (Å²) in [7, 11) is 0. The number of nitrogens with zero attached hydrogens (tertiary/aromatic N) is 2. The first kappa shape index (κ1) is 12.0. The first-order valence-corrected chi connectivity index (χ1v) is 5.82. The van der Waals surface area contributed by atoms with Gasteiger partial charge in [0.1, 0.15) is 22.9 Å². The van der Waals surface area contributed by atoms with E-state index in [0.717, 1.165) is 0 Å². The maximum absolute atomic E-state index is 13.3. The Morgan fingerprint density at radius 1 is 1.29 bits per heavy atom. The van der Waals surface area contributed by atoms with Gasteiger partial charge >= 0.3 is 0 Å². The molecular weight excluding hydrogens is 287 g/mol. The zero-order valence-corrected chi connectivity index (χ0v) is 10.7. The van der Waals surface area contributed by atoms with Crippen LogP contribution in [0, 0.1) is 12.7 Å². The molecule has 88 valence electrons. The molecule has 1 aromatic carbocycles. The summed E-state index contributed by atoms with van der Waals surface area (Å²) in [5.74, 6) is 0.743. The average Bonchev–Trinajstić information content (AvgIpc) is 2.27. The van der Waals surface area contributed by atoms with E-state index in [1.165, 1.54) is 6.07 Å². The van der Waals surface area contributed by atoms with Gasteiger partial charge in [-0.25, -0.2) is 9.37 Å². The summed E-state index contributed by atoms with van der Waals surface area (Å²) < 4.78 is 19.4. The smallest absolute Gasteiger partial charge is 0.218 e. The molecular formula is C12H10BrFN2O. The van der Waals surface area contributed by atoms with Crippen LogP contribution in [0.2, 0.25) is 0 Å². The van der Waals surface area contributed by atoms with Crippen LogP contribution < -0.4 is 4.74 Å². The average molecular weight is 297 g/mol. The van der Waals surface area contributed by atoms with Crippen molar-refractivity contribution in [2.75, 3.05) is 0 Å². The Kier molecular flexibility index (Phi) is 3.68. The Morgan fingerprint density at radius 2 is 2.06 bits per heavy atom. The van der Waals surface area contributed by atoms with Crippen molar-refractivity contribution in [3.63, 3.8) is 0 Å². The van der Waals surface area contributed by atoms with Gasteiger partial charge in [-0.2, -0.15) is 4.98 Å². The van der Waals surface area contributed by atoms with Gasteiger partial charge in [0.25, 0.3) is 0 Å². The van der Waals surface area contributed by atoms with Gasteiger partial charge in [-0.3, -0.25) is 0 Å². The van der Waals surface area contributed by atoms with Crippen LogP contribution in [0.3, 0.4) is 0 Å². The molecule has 0 aliphatic carbocycles. The summed E-state index contributed by atoms with van der Waals surface area (Å²) in [6.45, 7) is 1.91. The van der Waals surface area contributed by atoms with E-state index in [1.54, 1.807) is 31.2 Å². The quantitative estimate of drug-likeness (QED) is 0.816. The monoisotopic (exact) mass is 296 g/mol. The van der Waals surface area contributed by atoms with Crippen molar-refractivity contribution in [2.45, 2.75) is 13.5 Å². The van der Waals surface area contributed by atoms with Gasteiger partial charge in [0, 0.05) is 11.6 Å². The molecule has 2 rings (SSSR count). The summed E-state index contributed by atoms with van der Waals surface area (Å²) in [4.78, 5) is 8.15. The van der Waals surface area contributed by atoms with E-state index in [9.17, 15) is 4.39 Å². The Balaban J connectivity index is 2.10. The number of benzene rings is 1. The highest BCUT2D eigenvalue weighted by Gasteiger charge is 2.04. The number of rotatable bonds is 3. The van der Waals surface area contributed by atoms with Crippen molar-refractivity contribution in [2.24, 2.45) is 0 Å². The third kappa shape index (κ3) is 3.23. The fraction of sp³-hybridized carbons (Fsp3) is 0.167. The lowest BCUT2D eigenvalue weighted by molar-refractivity contribution is 0.286. The van der Waals surface area contributed by atoms with Crippen LogP contribution in [0.25, 0.3) is 0 Å². The summed E-state index contributed by atoms with van der Waals surface area (Å²) >= 11 is 3.25. The fourth-order valence-corrected chi connectivity index (χ4v) is 1.80. The van der Waals surface area contributed by atoms with Crippen LogP contribution in [0.1, 0.15) is 11.4 Å². The highest BCUT2D eigenvalue weighted by molar-refractivity contribution is 9.10. The highest BCUT2D eigenvalue weighted by atomic mass is 79.9. The summed E-state index contributed by atoms with van der Waals surface area (Å²) in [5.41, 5.74) is 0.500. The van der Waals surface area contributed by atoms with Crippen LogP contribution in [-0.2, 0) is 6.61 Å². The lowest BCUT2D eigenvalue weighted by Crippen LogP contribution is -2.01. The minimum Gasteiger partial charge on any atom is -0.473 e.